The highest BCUT2D eigenvalue weighted by molar-refractivity contribution is 7.22. The van der Waals surface area contributed by atoms with Crippen molar-refractivity contribution in [3.8, 4) is 10.4 Å². The number of hydrogen-bond donors (Lipinski definition) is 2. The Bertz CT molecular complexity index is 994. The van der Waals surface area contributed by atoms with Crippen LogP contribution in [0.1, 0.15) is 29.0 Å². The maximum atomic E-state index is 11.8. The molecule has 0 saturated carbocycles. The minimum absolute atomic E-state index is 0.208. The van der Waals surface area contributed by atoms with Crippen molar-refractivity contribution in [3.63, 3.8) is 0 Å². The summed E-state index contributed by atoms with van der Waals surface area (Å²) in [6, 6.07) is 7.44. The Morgan fingerprint density at radius 3 is 2.67 bits per heavy atom. The molecule has 0 aliphatic carbocycles. The monoisotopic (exact) mass is 420 g/mol. The van der Waals surface area contributed by atoms with Gasteiger partial charge in [0.05, 0.1) is 10.4 Å². The zero-order chi connectivity index (χ0) is 19.0. The highest BCUT2D eigenvalue weighted by atomic mass is 35.5. The number of carbonyl (C=O) groups is 1. The van der Waals surface area contributed by atoms with Crippen LogP contribution in [0.3, 0.4) is 0 Å². The van der Waals surface area contributed by atoms with Crippen LogP contribution in [0.15, 0.2) is 24.3 Å². The molecular weight excluding hydrogens is 403 g/mol. The Kier molecular flexibility index (Phi) is 5.32. The largest absolute Gasteiger partial charge is 0.364 e. The minimum Gasteiger partial charge on any atom is -0.364 e. The van der Waals surface area contributed by atoms with E-state index in [1.165, 1.54) is 11.3 Å². The molecule has 0 radical (unpaired) electrons. The zero-order valence-corrected chi connectivity index (χ0v) is 16.8. The second-order valence-corrected chi connectivity index (χ2v) is 8.71. The molecule has 3 N–H and O–H groups in total. The molecule has 0 spiro atoms. The molecule has 140 valence electrons. The molecule has 1 atom stereocenters. The van der Waals surface area contributed by atoms with Crippen LogP contribution in [0.2, 0.25) is 10.0 Å². The zero-order valence-electron chi connectivity index (χ0n) is 14.5. The van der Waals surface area contributed by atoms with E-state index in [2.05, 4.69) is 15.5 Å². The van der Waals surface area contributed by atoms with Gasteiger partial charge in [-0.25, -0.2) is 0 Å². The third-order valence-corrected chi connectivity index (χ3v) is 6.42. The molecule has 1 unspecified atom stereocenters. The summed E-state index contributed by atoms with van der Waals surface area (Å²) in [5, 5.41) is 14.0. The number of thiophene rings is 1. The van der Waals surface area contributed by atoms with Crippen molar-refractivity contribution in [1.29, 1.82) is 0 Å². The molecule has 3 aromatic rings. The van der Waals surface area contributed by atoms with Crippen molar-refractivity contribution in [1.82, 2.24) is 15.5 Å². The van der Waals surface area contributed by atoms with E-state index in [-0.39, 0.29) is 5.69 Å². The van der Waals surface area contributed by atoms with Crippen LogP contribution in [0.25, 0.3) is 20.5 Å². The number of nitrogens with one attached hydrogen (secondary N) is 1. The van der Waals surface area contributed by atoms with Gasteiger partial charge in [0.2, 0.25) is 0 Å². The smallest absolute Gasteiger partial charge is 0.270 e. The number of primary amides is 1. The fourth-order valence-electron chi connectivity index (χ4n) is 3.51. The Labute approximate surface area is 170 Å². The first-order valence-corrected chi connectivity index (χ1v) is 10.3. The summed E-state index contributed by atoms with van der Waals surface area (Å²) in [6.45, 7) is 2.04. The van der Waals surface area contributed by atoms with E-state index in [0.29, 0.717) is 16.0 Å². The van der Waals surface area contributed by atoms with E-state index in [1.54, 1.807) is 6.07 Å². The average molecular weight is 421 g/mol. The van der Waals surface area contributed by atoms with Gasteiger partial charge in [-0.3, -0.25) is 4.79 Å². The Morgan fingerprint density at radius 2 is 2.00 bits per heavy atom. The van der Waals surface area contributed by atoms with Gasteiger partial charge in [0.15, 0.2) is 5.69 Å². The second-order valence-electron chi connectivity index (χ2n) is 6.79. The number of nitrogens with two attached hydrogens (primary N) is 1. The van der Waals surface area contributed by atoms with Crippen LogP contribution in [-0.2, 0) is 6.42 Å². The molecule has 1 fully saturated rings. The van der Waals surface area contributed by atoms with Crippen molar-refractivity contribution >= 4 is 50.5 Å². The van der Waals surface area contributed by atoms with Crippen LogP contribution in [0.5, 0.6) is 0 Å². The molecule has 27 heavy (non-hydrogen) atoms. The highest BCUT2D eigenvalue weighted by Gasteiger charge is 2.21. The Morgan fingerprint density at radius 1 is 1.22 bits per heavy atom. The lowest BCUT2D eigenvalue weighted by atomic mass is 9.93. The number of fused-ring (bicyclic) bond motifs is 1. The summed E-state index contributed by atoms with van der Waals surface area (Å²) in [5.41, 5.74) is 7.53. The summed E-state index contributed by atoms with van der Waals surface area (Å²) in [4.78, 5) is 12.8. The predicted molar refractivity (Wildman–Crippen MR) is 111 cm³/mol. The first kappa shape index (κ1) is 18.6. The highest BCUT2D eigenvalue weighted by Crippen LogP contribution is 2.38. The molecule has 1 amide bonds. The lowest BCUT2D eigenvalue weighted by Gasteiger charge is -2.22. The van der Waals surface area contributed by atoms with Crippen molar-refractivity contribution in [2.24, 2.45) is 11.7 Å². The summed E-state index contributed by atoms with van der Waals surface area (Å²) in [7, 11) is 0. The maximum Gasteiger partial charge on any atom is 0.270 e. The van der Waals surface area contributed by atoms with E-state index < -0.39 is 5.91 Å². The van der Waals surface area contributed by atoms with Gasteiger partial charge in [0.1, 0.15) is 0 Å². The van der Waals surface area contributed by atoms with E-state index in [9.17, 15) is 4.79 Å². The third kappa shape index (κ3) is 3.94. The number of halogens is 2. The van der Waals surface area contributed by atoms with Crippen molar-refractivity contribution < 1.29 is 4.79 Å². The summed E-state index contributed by atoms with van der Waals surface area (Å²) >= 11 is 13.8. The van der Waals surface area contributed by atoms with Crippen LogP contribution in [-0.4, -0.2) is 29.2 Å². The summed E-state index contributed by atoms with van der Waals surface area (Å²) < 4.78 is 0.766. The molecule has 4 rings (SSSR count). The van der Waals surface area contributed by atoms with Gasteiger partial charge in [-0.15, -0.1) is 16.4 Å². The molecule has 5 nitrogen and oxygen atoms in total. The van der Waals surface area contributed by atoms with Crippen LogP contribution >= 0.6 is 34.5 Å². The molecule has 8 heteroatoms. The first-order valence-electron chi connectivity index (χ1n) is 8.77. The fraction of sp³-hybridized carbons (Fsp3) is 0.316. The summed E-state index contributed by atoms with van der Waals surface area (Å²) in [5.74, 6) is -0.0597. The second kappa shape index (κ2) is 7.72. The molecule has 1 aliphatic heterocycles. The average Bonchev–Trinajstić information content (AvgIpc) is 3.07. The topological polar surface area (TPSA) is 80.9 Å². The number of carbonyl (C=O) groups excluding carboxylic acids is 1. The first-order chi connectivity index (χ1) is 13.0. The van der Waals surface area contributed by atoms with E-state index in [0.717, 1.165) is 58.6 Å². The Balaban J connectivity index is 1.81. The fourth-order valence-corrected chi connectivity index (χ4v) is 5.20. The summed E-state index contributed by atoms with van der Waals surface area (Å²) in [6.07, 6.45) is 3.15. The van der Waals surface area contributed by atoms with Crippen LogP contribution in [0.4, 0.5) is 0 Å². The number of amides is 1. The van der Waals surface area contributed by atoms with Gasteiger partial charge in [-0.2, -0.15) is 5.10 Å². The third-order valence-electron chi connectivity index (χ3n) is 4.79. The predicted octanol–water partition coefficient (Wildman–Crippen LogP) is 4.31. The molecule has 1 saturated heterocycles. The molecule has 2 aromatic heterocycles. The number of hydrogen-bond acceptors (Lipinski definition) is 5. The number of aromatic nitrogens is 2. The molecule has 0 bridgehead atoms. The minimum atomic E-state index is -0.573. The van der Waals surface area contributed by atoms with Gasteiger partial charge < -0.3 is 11.1 Å². The van der Waals surface area contributed by atoms with Crippen LogP contribution in [0, 0.1) is 5.92 Å². The molecule has 1 aliphatic rings. The van der Waals surface area contributed by atoms with E-state index >= 15 is 0 Å². The number of piperidine rings is 1. The van der Waals surface area contributed by atoms with E-state index in [4.69, 9.17) is 28.9 Å². The standard InChI is InChI=1S/C19H18Cl2N4OS/c20-12-5-11(6-13(21)7-12)16-8-14-15(4-10-2-1-3-23-9-10)24-25-17(19(22)26)18(14)27-16/h5-8,10,23H,1-4,9H2,(H2,22,26). The number of benzene rings is 1. The molecule has 1 aromatic carbocycles. The molecule has 3 heterocycles. The lowest BCUT2D eigenvalue weighted by molar-refractivity contribution is 0.0996. The van der Waals surface area contributed by atoms with Crippen molar-refractivity contribution in [2.45, 2.75) is 19.3 Å². The quantitative estimate of drug-likeness (QED) is 0.658. The van der Waals surface area contributed by atoms with Crippen molar-refractivity contribution in [2.75, 3.05) is 13.1 Å². The van der Waals surface area contributed by atoms with Gasteiger partial charge >= 0.3 is 0 Å². The maximum absolute atomic E-state index is 11.8. The Hall–Kier alpha value is -1.73. The number of rotatable bonds is 4. The van der Waals surface area contributed by atoms with Crippen LogP contribution < -0.4 is 11.1 Å². The normalized spacial score (nSPS) is 17.3. The lowest BCUT2D eigenvalue weighted by Crippen LogP contribution is -2.31. The number of nitrogens with zero attached hydrogens (tertiary/aromatic N) is 2. The van der Waals surface area contributed by atoms with Gasteiger partial charge in [-0.05, 0) is 68.1 Å². The van der Waals surface area contributed by atoms with Gasteiger partial charge in [-0.1, -0.05) is 23.2 Å². The van der Waals surface area contributed by atoms with Crippen molar-refractivity contribution in [3.05, 3.63) is 45.7 Å². The molecular formula is C19H18Cl2N4OS. The van der Waals surface area contributed by atoms with Gasteiger partial charge in [0, 0.05) is 20.3 Å². The SMILES string of the molecule is NC(=O)c1nnc(CC2CCCNC2)c2cc(-c3cc(Cl)cc(Cl)c3)sc12. The van der Waals surface area contributed by atoms with Gasteiger partial charge in [0.25, 0.3) is 5.91 Å². The van der Waals surface area contributed by atoms with E-state index in [1.807, 2.05) is 18.2 Å².